The van der Waals surface area contributed by atoms with Crippen LogP contribution in [0.2, 0.25) is 0 Å². The van der Waals surface area contributed by atoms with E-state index in [9.17, 15) is 4.79 Å². The van der Waals surface area contributed by atoms with Gasteiger partial charge in [0, 0.05) is 31.7 Å². The van der Waals surface area contributed by atoms with E-state index >= 15 is 0 Å². The lowest BCUT2D eigenvalue weighted by atomic mass is 10.2. The van der Waals surface area contributed by atoms with Gasteiger partial charge in [-0.25, -0.2) is 4.98 Å². The fourth-order valence-corrected chi connectivity index (χ4v) is 1.95. The molecule has 0 aromatic carbocycles. The van der Waals surface area contributed by atoms with Gasteiger partial charge < -0.3 is 10.2 Å². The van der Waals surface area contributed by atoms with Crippen LogP contribution in [0.3, 0.4) is 0 Å². The number of nitrogens with zero attached hydrogens (tertiary/aromatic N) is 3. The Hall–Kier alpha value is -2.09. The van der Waals surface area contributed by atoms with Crippen LogP contribution in [0.1, 0.15) is 18.9 Å². The van der Waals surface area contributed by atoms with Crippen LogP contribution >= 0.6 is 0 Å². The molecule has 0 unspecified atom stereocenters. The first-order valence-electron chi connectivity index (χ1n) is 5.60. The van der Waals surface area contributed by atoms with Crippen LogP contribution < -0.4 is 10.2 Å². The Balaban J connectivity index is 2.19. The molecule has 1 aliphatic heterocycles. The van der Waals surface area contributed by atoms with Crippen LogP contribution in [-0.4, -0.2) is 30.0 Å². The lowest BCUT2D eigenvalue weighted by Crippen LogP contribution is -2.34. The molecule has 0 spiro atoms. The average Bonchev–Trinajstić information content (AvgIpc) is 2.50. The summed E-state index contributed by atoms with van der Waals surface area (Å²) in [6.45, 7) is 3.38. The average molecular weight is 230 g/mol. The molecule has 1 atom stereocenters. The second-order valence-electron chi connectivity index (χ2n) is 4.11. The molecule has 1 N–H and O–H groups in total. The fraction of sp³-hybridized carbons (Fsp3) is 0.417. The van der Waals surface area contributed by atoms with Crippen molar-refractivity contribution in [1.29, 1.82) is 5.26 Å². The van der Waals surface area contributed by atoms with Gasteiger partial charge in [-0.1, -0.05) is 0 Å². The number of pyridine rings is 1. The number of carbonyl (C=O) groups excluding carboxylic acids is 1. The largest absolute Gasteiger partial charge is 0.354 e. The van der Waals surface area contributed by atoms with Crippen molar-refractivity contribution in [2.75, 3.05) is 18.0 Å². The van der Waals surface area contributed by atoms with Crippen LogP contribution in [0, 0.1) is 11.3 Å². The Kier molecular flexibility index (Phi) is 3.24. The van der Waals surface area contributed by atoms with Crippen molar-refractivity contribution in [2.45, 2.75) is 19.4 Å². The zero-order valence-corrected chi connectivity index (χ0v) is 9.68. The van der Waals surface area contributed by atoms with Crippen LogP contribution in [-0.2, 0) is 4.79 Å². The summed E-state index contributed by atoms with van der Waals surface area (Å²) in [6.07, 6.45) is 2.03. The maximum absolute atomic E-state index is 11.4. The molecule has 5 heteroatoms. The van der Waals surface area contributed by atoms with Gasteiger partial charge in [0.05, 0.1) is 5.56 Å². The van der Waals surface area contributed by atoms with Gasteiger partial charge in [-0.3, -0.25) is 4.79 Å². The van der Waals surface area contributed by atoms with E-state index in [1.807, 2.05) is 19.1 Å². The molecule has 1 aromatic rings. The highest BCUT2D eigenvalue weighted by Gasteiger charge is 2.21. The van der Waals surface area contributed by atoms with E-state index < -0.39 is 0 Å². The number of amides is 1. The zero-order valence-electron chi connectivity index (χ0n) is 9.68. The Morgan fingerprint density at radius 1 is 1.59 bits per heavy atom. The van der Waals surface area contributed by atoms with Crippen molar-refractivity contribution in [2.24, 2.45) is 0 Å². The molecule has 2 rings (SSSR count). The fourth-order valence-electron chi connectivity index (χ4n) is 1.95. The summed E-state index contributed by atoms with van der Waals surface area (Å²) in [6, 6.07) is 5.73. The number of aromatic nitrogens is 1. The van der Waals surface area contributed by atoms with E-state index in [0.29, 0.717) is 18.5 Å². The Morgan fingerprint density at radius 2 is 2.41 bits per heavy atom. The molecule has 1 aromatic heterocycles. The molecule has 2 heterocycles. The smallest absolute Gasteiger partial charge is 0.222 e. The van der Waals surface area contributed by atoms with Crippen molar-refractivity contribution in [3.8, 4) is 6.07 Å². The Bertz CT molecular complexity index is 449. The van der Waals surface area contributed by atoms with Crippen LogP contribution in [0.25, 0.3) is 0 Å². The zero-order chi connectivity index (χ0) is 12.3. The van der Waals surface area contributed by atoms with Gasteiger partial charge in [-0.15, -0.1) is 0 Å². The van der Waals surface area contributed by atoms with Crippen molar-refractivity contribution >= 4 is 11.7 Å². The summed E-state index contributed by atoms with van der Waals surface area (Å²) >= 11 is 0. The minimum atomic E-state index is 0.0774. The first kappa shape index (κ1) is 11.4. The summed E-state index contributed by atoms with van der Waals surface area (Å²) in [7, 11) is 0. The van der Waals surface area contributed by atoms with E-state index in [0.717, 1.165) is 12.4 Å². The third-order valence-corrected chi connectivity index (χ3v) is 2.86. The number of anilines is 1. The SMILES string of the molecule is C[C@H]1CC(=O)NCCN1c1ccc(C#N)cn1. The second kappa shape index (κ2) is 4.83. The molecule has 0 aliphatic carbocycles. The van der Waals surface area contributed by atoms with E-state index in [4.69, 9.17) is 5.26 Å². The van der Waals surface area contributed by atoms with E-state index in [1.165, 1.54) is 0 Å². The number of nitrogens with one attached hydrogen (secondary N) is 1. The molecule has 1 saturated heterocycles. The highest BCUT2D eigenvalue weighted by molar-refractivity contribution is 5.77. The Labute approximate surface area is 100 Å². The maximum atomic E-state index is 11.4. The highest BCUT2D eigenvalue weighted by atomic mass is 16.1. The molecule has 88 valence electrons. The molecule has 0 bridgehead atoms. The number of carbonyl (C=O) groups is 1. The van der Waals surface area contributed by atoms with Gasteiger partial charge in [-0.05, 0) is 19.1 Å². The minimum absolute atomic E-state index is 0.0774. The van der Waals surface area contributed by atoms with Crippen molar-refractivity contribution in [3.05, 3.63) is 23.9 Å². The maximum Gasteiger partial charge on any atom is 0.222 e. The lowest BCUT2D eigenvalue weighted by molar-refractivity contribution is -0.120. The van der Waals surface area contributed by atoms with Crippen molar-refractivity contribution < 1.29 is 4.79 Å². The molecule has 1 amide bonds. The van der Waals surface area contributed by atoms with E-state index in [2.05, 4.69) is 15.2 Å². The molecule has 5 nitrogen and oxygen atoms in total. The molecule has 1 fully saturated rings. The van der Waals surface area contributed by atoms with Crippen LogP contribution in [0.15, 0.2) is 18.3 Å². The summed E-state index contributed by atoms with van der Waals surface area (Å²) in [5.74, 6) is 0.890. The standard InChI is InChI=1S/C12H14N4O/c1-9-6-12(17)14-4-5-16(9)11-3-2-10(7-13)8-15-11/h2-3,8-9H,4-6H2,1H3,(H,14,17)/t9-/m0/s1. The van der Waals surface area contributed by atoms with Gasteiger partial charge in [0.25, 0.3) is 0 Å². The third kappa shape index (κ3) is 2.53. The number of rotatable bonds is 1. The second-order valence-corrected chi connectivity index (χ2v) is 4.11. The first-order chi connectivity index (χ1) is 8.20. The molecule has 1 aliphatic rings. The molecule has 0 radical (unpaired) electrons. The summed E-state index contributed by atoms with van der Waals surface area (Å²) in [5.41, 5.74) is 0.547. The predicted molar refractivity (Wildman–Crippen MR) is 63.4 cm³/mol. The number of hydrogen-bond donors (Lipinski definition) is 1. The van der Waals surface area contributed by atoms with E-state index in [-0.39, 0.29) is 11.9 Å². The van der Waals surface area contributed by atoms with E-state index in [1.54, 1.807) is 12.3 Å². The van der Waals surface area contributed by atoms with Crippen molar-refractivity contribution in [3.63, 3.8) is 0 Å². The van der Waals surface area contributed by atoms with Gasteiger partial charge in [0.2, 0.25) is 5.91 Å². The topological polar surface area (TPSA) is 69.0 Å². The normalized spacial score (nSPS) is 20.4. The third-order valence-electron chi connectivity index (χ3n) is 2.86. The minimum Gasteiger partial charge on any atom is -0.354 e. The molecular formula is C12H14N4O. The van der Waals surface area contributed by atoms with Crippen molar-refractivity contribution in [1.82, 2.24) is 10.3 Å². The van der Waals surface area contributed by atoms with Gasteiger partial charge in [0.1, 0.15) is 11.9 Å². The number of nitriles is 1. The van der Waals surface area contributed by atoms with Crippen LogP contribution in [0.5, 0.6) is 0 Å². The first-order valence-corrected chi connectivity index (χ1v) is 5.60. The van der Waals surface area contributed by atoms with Gasteiger partial charge in [-0.2, -0.15) is 5.26 Å². The number of hydrogen-bond acceptors (Lipinski definition) is 4. The highest BCUT2D eigenvalue weighted by Crippen LogP contribution is 2.17. The quantitative estimate of drug-likeness (QED) is 0.769. The van der Waals surface area contributed by atoms with Gasteiger partial charge in [0.15, 0.2) is 0 Å². The lowest BCUT2D eigenvalue weighted by Gasteiger charge is -2.27. The molecule has 0 saturated carbocycles. The Morgan fingerprint density at radius 3 is 3.06 bits per heavy atom. The summed E-state index contributed by atoms with van der Waals surface area (Å²) in [5, 5.41) is 11.5. The summed E-state index contributed by atoms with van der Waals surface area (Å²) in [4.78, 5) is 17.7. The summed E-state index contributed by atoms with van der Waals surface area (Å²) < 4.78 is 0. The molecular weight excluding hydrogens is 216 g/mol. The monoisotopic (exact) mass is 230 g/mol. The molecule has 17 heavy (non-hydrogen) atoms. The predicted octanol–water partition coefficient (Wildman–Crippen LogP) is 0.668. The van der Waals surface area contributed by atoms with Gasteiger partial charge >= 0.3 is 0 Å². The van der Waals surface area contributed by atoms with Crippen LogP contribution in [0.4, 0.5) is 5.82 Å².